The first-order valence-electron chi connectivity index (χ1n) is 7.90. The predicted octanol–water partition coefficient (Wildman–Crippen LogP) is 3.14. The minimum absolute atomic E-state index is 0.0411. The fourth-order valence-corrected chi connectivity index (χ4v) is 2.69. The van der Waals surface area contributed by atoms with Crippen LogP contribution in [0.15, 0.2) is 60.9 Å². The maximum atomic E-state index is 10.7. The fourth-order valence-electron chi connectivity index (χ4n) is 2.51. The Hall–Kier alpha value is -3.59. The van der Waals surface area contributed by atoms with E-state index in [0.29, 0.717) is 23.0 Å². The Morgan fingerprint density at radius 2 is 1.96 bits per heavy atom. The van der Waals surface area contributed by atoms with Crippen LogP contribution in [0.5, 0.6) is 0 Å². The summed E-state index contributed by atoms with van der Waals surface area (Å²) in [7, 11) is 0. The molecule has 0 aliphatic heterocycles. The van der Waals surface area contributed by atoms with Gasteiger partial charge in [-0.3, -0.25) is 10.1 Å². The van der Waals surface area contributed by atoms with Crippen LogP contribution in [-0.2, 0) is 6.54 Å². The third-order valence-corrected chi connectivity index (χ3v) is 4.07. The largest absolute Gasteiger partial charge is 0.269 e. The third-order valence-electron chi connectivity index (χ3n) is 3.84. The molecule has 0 saturated heterocycles. The van der Waals surface area contributed by atoms with E-state index in [2.05, 4.69) is 20.5 Å². The number of halogens is 1. The van der Waals surface area contributed by atoms with Crippen LogP contribution in [0.25, 0.3) is 17.1 Å². The van der Waals surface area contributed by atoms with Crippen molar-refractivity contribution >= 4 is 17.3 Å². The minimum atomic E-state index is -0.437. The van der Waals surface area contributed by atoms with Crippen molar-refractivity contribution in [2.75, 3.05) is 0 Å². The molecule has 0 aliphatic carbocycles. The maximum Gasteiger partial charge on any atom is 0.269 e. The topological polar surface area (TPSA) is 105 Å². The molecule has 4 aromatic rings. The van der Waals surface area contributed by atoms with E-state index in [1.165, 1.54) is 16.9 Å². The van der Waals surface area contributed by atoms with E-state index >= 15 is 0 Å². The summed E-state index contributed by atoms with van der Waals surface area (Å²) in [5, 5.41) is 28.0. The van der Waals surface area contributed by atoms with Gasteiger partial charge in [0, 0.05) is 23.4 Å². The van der Waals surface area contributed by atoms with Crippen LogP contribution < -0.4 is 0 Å². The van der Waals surface area contributed by atoms with E-state index in [4.69, 9.17) is 11.6 Å². The van der Waals surface area contributed by atoms with Gasteiger partial charge >= 0.3 is 0 Å². The van der Waals surface area contributed by atoms with Gasteiger partial charge in [-0.05, 0) is 29.0 Å². The van der Waals surface area contributed by atoms with Crippen LogP contribution in [0.3, 0.4) is 0 Å². The first-order chi connectivity index (χ1) is 13.1. The van der Waals surface area contributed by atoms with Crippen LogP contribution in [0.1, 0.15) is 5.56 Å². The highest BCUT2D eigenvalue weighted by atomic mass is 35.5. The number of nitrogens with zero attached hydrogens (tertiary/aromatic N) is 7. The highest BCUT2D eigenvalue weighted by Gasteiger charge is 2.11. The summed E-state index contributed by atoms with van der Waals surface area (Å²) in [5.74, 6) is 0.435. The molecule has 2 heterocycles. The lowest BCUT2D eigenvalue weighted by atomic mass is 10.2. The molecule has 27 heavy (non-hydrogen) atoms. The Kier molecular flexibility index (Phi) is 4.35. The first kappa shape index (κ1) is 16.9. The molecule has 10 heteroatoms. The van der Waals surface area contributed by atoms with E-state index < -0.39 is 4.92 Å². The summed E-state index contributed by atoms with van der Waals surface area (Å²) in [5.41, 5.74) is 2.41. The van der Waals surface area contributed by atoms with Gasteiger partial charge in [0.15, 0.2) is 0 Å². The van der Waals surface area contributed by atoms with Crippen molar-refractivity contribution in [2.24, 2.45) is 0 Å². The second-order valence-electron chi connectivity index (χ2n) is 5.72. The molecule has 0 atom stereocenters. The molecule has 0 radical (unpaired) electrons. The smallest absolute Gasteiger partial charge is 0.258 e. The number of benzene rings is 2. The highest BCUT2D eigenvalue weighted by Crippen LogP contribution is 2.18. The number of nitro groups is 1. The predicted molar refractivity (Wildman–Crippen MR) is 97.6 cm³/mol. The Bertz CT molecular complexity index is 1100. The summed E-state index contributed by atoms with van der Waals surface area (Å²) in [4.78, 5) is 11.7. The molecule has 2 aromatic heterocycles. The van der Waals surface area contributed by atoms with Crippen LogP contribution in [0.2, 0.25) is 5.02 Å². The summed E-state index contributed by atoms with van der Waals surface area (Å²) in [6.45, 7) is 0.355. The van der Waals surface area contributed by atoms with Crippen LogP contribution >= 0.6 is 11.6 Å². The molecule has 0 bridgehead atoms. The van der Waals surface area contributed by atoms with E-state index in [9.17, 15) is 10.1 Å². The van der Waals surface area contributed by atoms with Crippen molar-refractivity contribution in [2.45, 2.75) is 6.54 Å². The van der Waals surface area contributed by atoms with Crippen LogP contribution in [0, 0.1) is 10.1 Å². The van der Waals surface area contributed by atoms with Gasteiger partial charge in [0.25, 0.3) is 5.69 Å². The van der Waals surface area contributed by atoms with Crippen molar-refractivity contribution < 1.29 is 4.92 Å². The van der Waals surface area contributed by atoms with E-state index in [0.717, 1.165) is 11.3 Å². The maximum absolute atomic E-state index is 10.7. The van der Waals surface area contributed by atoms with Gasteiger partial charge in [-0.1, -0.05) is 29.8 Å². The lowest BCUT2D eigenvalue weighted by molar-refractivity contribution is -0.384. The van der Waals surface area contributed by atoms with Gasteiger partial charge in [-0.15, -0.1) is 10.2 Å². The second-order valence-corrected chi connectivity index (χ2v) is 6.16. The van der Waals surface area contributed by atoms with Crippen molar-refractivity contribution in [3.05, 3.63) is 81.6 Å². The Morgan fingerprint density at radius 1 is 1.15 bits per heavy atom. The minimum Gasteiger partial charge on any atom is -0.258 e. The van der Waals surface area contributed by atoms with Crippen LogP contribution in [-0.4, -0.2) is 34.9 Å². The number of hydrogen-bond donors (Lipinski definition) is 0. The Balaban J connectivity index is 1.52. The summed E-state index contributed by atoms with van der Waals surface area (Å²) < 4.78 is 1.68. The Labute approximate surface area is 158 Å². The van der Waals surface area contributed by atoms with E-state index in [1.807, 2.05) is 12.1 Å². The normalized spacial score (nSPS) is 10.9. The lowest BCUT2D eigenvalue weighted by Crippen LogP contribution is -2.04. The monoisotopic (exact) mass is 381 g/mol. The number of tetrazole rings is 1. The van der Waals surface area contributed by atoms with Gasteiger partial charge in [-0.25, -0.2) is 4.68 Å². The lowest BCUT2D eigenvalue weighted by Gasteiger charge is -2.00. The first-order valence-corrected chi connectivity index (χ1v) is 8.28. The Morgan fingerprint density at radius 3 is 2.70 bits per heavy atom. The molecule has 9 nitrogen and oxygen atoms in total. The molecule has 2 aromatic carbocycles. The molecule has 0 unspecified atom stereocenters. The van der Waals surface area contributed by atoms with Gasteiger partial charge in [0.1, 0.15) is 0 Å². The molecule has 0 aliphatic rings. The average Bonchev–Trinajstić information content (AvgIpc) is 3.31. The van der Waals surface area contributed by atoms with E-state index in [1.54, 1.807) is 41.3 Å². The summed E-state index contributed by atoms with van der Waals surface area (Å²) in [6, 6.07) is 13.6. The average molecular weight is 382 g/mol. The fraction of sp³-hybridized carbons (Fsp3) is 0.0588. The zero-order valence-electron chi connectivity index (χ0n) is 13.8. The van der Waals surface area contributed by atoms with E-state index in [-0.39, 0.29) is 5.69 Å². The van der Waals surface area contributed by atoms with Gasteiger partial charge < -0.3 is 0 Å². The molecule has 0 fully saturated rings. The van der Waals surface area contributed by atoms with Crippen molar-refractivity contribution in [3.63, 3.8) is 0 Å². The number of rotatable bonds is 5. The van der Waals surface area contributed by atoms with Gasteiger partial charge in [-0.2, -0.15) is 9.90 Å². The SMILES string of the molecule is O=[N+]([O-])c1ccc(Cn2nnc(-c3cnn(-c4cccc(Cl)c4)c3)n2)cc1. The molecule has 0 amide bonds. The highest BCUT2D eigenvalue weighted by molar-refractivity contribution is 6.30. The number of nitro benzene ring substituents is 1. The van der Waals surface area contributed by atoms with Crippen molar-refractivity contribution in [1.29, 1.82) is 0 Å². The summed E-state index contributed by atoms with van der Waals surface area (Å²) in [6.07, 6.45) is 3.44. The quantitative estimate of drug-likeness (QED) is 0.388. The molecule has 0 saturated carbocycles. The summed E-state index contributed by atoms with van der Waals surface area (Å²) >= 11 is 6.01. The van der Waals surface area contributed by atoms with Crippen LogP contribution in [0.4, 0.5) is 5.69 Å². The number of non-ortho nitro benzene ring substituents is 1. The van der Waals surface area contributed by atoms with Crippen molar-refractivity contribution in [3.8, 4) is 17.1 Å². The molecular formula is C17H12ClN7O2. The van der Waals surface area contributed by atoms with Gasteiger partial charge in [0.2, 0.25) is 5.82 Å². The number of hydrogen-bond acceptors (Lipinski definition) is 6. The van der Waals surface area contributed by atoms with Crippen molar-refractivity contribution in [1.82, 2.24) is 30.0 Å². The molecule has 4 rings (SSSR count). The standard InChI is InChI=1S/C17H12ClN7O2/c18-14-2-1-3-16(8-14)23-11-13(9-19-23)17-20-22-24(21-17)10-12-4-6-15(7-5-12)25(26)27/h1-9,11H,10H2. The molecule has 0 spiro atoms. The zero-order chi connectivity index (χ0) is 18.8. The third kappa shape index (κ3) is 3.67. The van der Waals surface area contributed by atoms with Gasteiger partial charge in [0.05, 0.1) is 28.9 Å². The molecule has 134 valence electrons. The number of aromatic nitrogens is 6. The molecule has 0 N–H and O–H groups in total. The second kappa shape index (κ2) is 6.96. The zero-order valence-corrected chi connectivity index (χ0v) is 14.6. The molecular weight excluding hydrogens is 370 g/mol.